The maximum Gasteiger partial charge on any atom is 0.232 e. The molecule has 2 aromatic heterocycles. The lowest BCUT2D eigenvalue weighted by Crippen LogP contribution is -2.55. The molecule has 3 heterocycles. The summed E-state index contributed by atoms with van der Waals surface area (Å²) in [5.41, 5.74) is 4.55. The van der Waals surface area contributed by atoms with E-state index in [2.05, 4.69) is 19.9 Å². The zero-order valence-corrected chi connectivity index (χ0v) is 17.8. The van der Waals surface area contributed by atoms with E-state index in [1.54, 1.807) is 0 Å². The fraction of sp³-hybridized carbons (Fsp3) is 0.421. The molecule has 1 aliphatic heterocycles. The number of nitrogens with two attached hydrogens (primary N) is 1. The van der Waals surface area contributed by atoms with Crippen LogP contribution in [-0.4, -0.2) is 52.6 Å². The second kappa shape index (κ2) is 7.38. The minimum atomic E-state index is -3.73. The first-order valence-electron chi connectivity index (χ1n) is 9.03. The first kappa shape index (κ1) is 21.8. The highest BCUT2D eigenvalue weighted by atomic mass is 32.2. The molecule has 2 N–H and O–H groups in total. The number of carbonyl (C=O) groups excluding carboxylic acids is 1. The van der Waals surface area contributed by atoms with Crippen molar-refractivity contribution in [3.8, 4) is 5.88 Å². The summed E-state index contributed by atoms with van der Waals surface area (Å²) in [7, 11) is -2.30. The zero-order chi connectivity index (χ0) is 22.3. The predicted molar refractivity (Wildman–Crippen MR) is 108 cm³/mol. The number of amidine groups is 1. The van der Waals surface area contributed by atoms with Gasteiger partial charge in [0.2, 0.25) is 5.88 Å². The van der Waals surface area contributed by atoms with Gasteiger partial charge in [0.1, 0.15) is 33.3 Å². The summed E-state index contributed by atoms with van der Waals surface area (Å²) >= 11 is 0. The summed E-state index contributed by atoms with van der Waals surface area (Å²) in [5.74, 6) is -1.44. The third kappa shape index (κ3) is 3.76. The van der Waals surface area contributed by atoms with Gasteiger partial charge in [-0.1, -0.05) is 0 Å². The molecule has 3 rings (SSSR count). The summed E-state index contributed by atoms with van der Waals surface area (Å²) in [6, 6.07) is 2.49. The number of hydrogen-bond donors (Lipinski definition) is 1. The number of pyridine rings is 1. The SMILES string of the molecule is COc1cnc(C(=O)Cc2ccc(F)c([C@]3(C)CS(=O)(=O)C(C)(C)C(N)=N3)n2)cn1. The quantitative estimate of drug-likeness (QED) is 0.692. The van der Waals surface area contributed by atoms with Gasteiger partial charge in [-0.25, -0.2) is 22.8 Å². The Kier molecular flexibility index (Phi) is 5.35. The monoisotopic (exact) mass is 435 g/mol. The molecule has 1 aliphatic rings. The molecule has 0 radical (unpaired) electrons. The number of methoxy groups -OCH3 is 1. The van der Waals surface area contributed by atoms with Crippen LogP contribution in [-0.2, 0) is 21.8 Å². The lowest BCUT2D eigenvalue weighted by atomic mass is 9.97. The summed E-state index contributed by atoms with van der Waals surface area (Å²) in [5, 5.41) is 0. The number of carbonyl (C=O) groups is 1. The molecular formula is C19H22FN5O4S. The largest absolute Gasteiger partial charge is 0.480 e. The normalized spacial score (nSPS) is 22.2. The van der Waals surface area contributed by atoms with E-state index in [0.717, 1.165) is 6.07 Å². The van der Waals surface area contributed by atoms with Gasteiger partial charge < -0.3 is 10.5 Å². The number of hydrogen-bond acceptors (Lipinski definition) is 9. The van der Waals surface area contributed by atoms with E-state index in [4.69, 9.17) is 10.5 Å². The Labute approximate surface area is 173 Å². The van der Waals surface area contributed by atoms with Crippen molar-refractivity contribution < 1.29 is 22.3 Å². The predicted octanol–water partition coefficient (Wildman–Crippen LogP) is 1.22. The van der Waals surface area contributed by atoms with Gasteiger partial charge in [-0.15, -0.1) is 0 Å². The second-order valence-electron chi connectivity index (χ2n) is 7.72. The van der Waals surface area contributed by atoms with Gasteiger partial charge >= 0.3 is 0 Å². The van der Waals surface area contributed by atoms with E-state index < -0.39 is 31.7 Å². The van der Waals surface area contributed by atoms with Crippen LogP contribution in [0.1, 0.15) is 42.6 Å². The lowest BCUT2D eigenvalue weighted by molar-refractivity contribution is 0.0986. The van der Waals surface area contributed by atoms with E-state index in [9.17, 15) is 17.6 Å². The van der Waals surface area contributed by atoms with Crippen LogP contribution < -0.4 is 10.5 Å². The summed E-state index contributed by atoms with van der Waals surface area (Å²) < 4.78 is 43.6. The van der Waals surface area contributed by atoms with Gasteiger partial charge in [0, 0.05) is 5.69 Å². The highest BCUT2D eigenvalue weighted by Crippen LogP contribution is 2.36. The lowest BCUT2D eigenvalue weighted by Gasteiger charge is -2.37. The topological polar surface area (TPSA) is 137 Å². The number of halogens is 1. The van der Waals surface area contributed by atoms with E-state index in [1.165, 1.54) is 46.3 Å². The highest BCUT2D eigenvalue weighted by Gasteiger charge is 2.50. The molecule has 11 heteroatoms. The average molecular weight is 435 g/mol. The number of aromatic nitrogens is 3. The van der Waals surface area contributed by atoms with Crippen LogP contribution >= 0.6 is 0 Å². The Bertz CT molecular complexity index is 1130. The summed E-state index contributed by atoms with van der Waals surface area (Å²) in [6.45, 7) is 4.36. The molecular weight excluding hydrogens is 413 g/mol. The molecule has 0 spiro atoms. The number of aliphatic imine (C=N–C) groups is 1. The van der Waals surface area contributed by atoms with Gasteiger partial charge in [0.05, 0.1) is 31.7 Å². The zero-order valence-electron chi connectivity index (χ0n) is 17.0. The van der Waals surface area contributed by atoms with Crippen molar-refractivity contribution in [3.63, 3.8) is 0 Å². The Morgan fingerprint density at radius 1 is 1.23 bits per heavy atom. The van der Waals surface area contributed by atoms with E-state index in [1.807, 2.05) is 0 Å². The summed E-state index contributed by atoms with van der Waals surface area (Å²) in [6.07, 6.45) is 2.40. The molecule has 0 fully saturated rings. The van der Waals surface area contributed by atoms with E-state index in [-0.39, 0.29) is 41.0 Å². The van der Waals surface area contributed by atoms with Crippen LogP contribution in [0.25, 0.3) is 0 Å². The number of nitrogens with zero attached hydrogens (tertiary/aromatic N) is 4. The number of Topliss-reactive ketones (excluding diaryl/α,β-unsaturated/α-hetero) is 1. The van der Waals surface area contributed by atoms with Crippen molar-refractivity contribution in [1.82, 2.24) is 15.0 Å². The number of ether oxygens (including phenoxy) is 1. The first-order chi connectivity index (χ1) is 13.9. The molecule has 0 amide bonds. The molecule has 160 valence electrons. The molecule has 0 aromatic carbocycles. The Balaban J connectivity index is 1.95. The maximum atomic E-state index is 14.6. The smallest absolute Gasteiger partial charge is 0.232 e. The molecule has 0 saturated carbocycles. The van der Waals surface area contributed by atoms with Crippen LogP contribution in [0.3, 0.4) is 0 Å². The molecule has 1 atom stereocenters. The molecule has 0 unspecified atom stereocenters. The van der Waals surface area contributed by atoms with Gasteiger partial charge in [-0.3, -0.25) is 14.8 Å². The average Bonchev–Trinajstić information content (AvgIpc) is 2.67. The fourth-order valence-electron chi connectivity index (χ4n) is 3.04. The highest BCUT2D eigenvalue weighted by molar-refractivity contribution is 7.93. The van der Waals surface area contributed by atoms with Crippen molar-refractivity contribution in [2.75, 3.05) is 12.9 Å². The van der Waals surface area contributed by atoms with Crippen LogP contribution in [0.2, 0.25) is 0 Å². The number of rotatable bonds is 5. The fourth-order valence-corrected chi connectivity index (χ4v) is 4.71. The Morgan fingerprint density at radius 3 is 2.50 bits per heavy atom. The number of ketones is 1. The van der Waals surface area contributed by atoms with Gasteiger partial charge in [-0.2, -0.15) is 0 Å². The molecule has 30 heavy (non-hydrogen) atoms. The molecule has 0 saturated heterocycles. The summed E-state index contributed by atoms with van der Waals surface area (Å²) in [4.78, 5) is 28.9. The van der Waals surface area contributed by atoms with Crippen molar-refractivity contribution in [1.29, 1.82) is 0 Å². The van der Waals surface area contributed by atoms with Crippen molar-refractivity contribution in [2.24, 2.45) is 10.7 Å². The van der Waals surface area contributed by atoms with Gasteiger partial charge in [-0.05, 0) is 32.9 Å². The van der Waals surface area contributed by atoms with E-state index in [0.29, 0.717) is 0 Å². The molecule has 0 aliphatic carbocycles. The molecule has 2 aromatic rings. The minimum Gasteiger partial charge on any atom is -0.480 e. The van der Waals surface area contributed by atoms with Crippen molar-refractivity contribution >= 4 is 21.5 Å². The standard InChI is InChI=1S/C19H22FN5O4S/c1-18(2)17(21)25-19(3,10-30(18,27)28)16-12(20)6-5-11(24-16)7-14(26)13-8-23-15(29-4)9-22-13/h5-6,8-9H,7,10H2,1-4H3,(H2,21,25)/t19-/m0/s1. The van der Waals surface area contributed by atoms with Crippen LogP contribution in [0.4, 0.5) is 4.39 Å². The second-order valence-corrected chi connectivity index (χ2v) is 10.3. The molecule has 0 bridgehead atoms. The third-order valence-electron chi connectivity index (χ3n) is 5.11. The van der Waals surface area contributed by atoms with Gasteiger partial charge in [0.25, 0.3) is 0 Å². The number of sulfone groups is 1. The van der Waals surface area contributed by atoms with Gasteiger partial charge in [0.15, 0.2) is 15.6 Å². The Morgan fingerprint density at radius 2 is 1.93 bits per heavy atom. The van der Waals surface area contributed by atoms with Crippen LogP contribution in [0.5, 0.6) is 5.88 Å². The Hall–Kier alpha value is -2.95. The minimum absolute atomic E-state index is 0.0962. The third-order valence-corrected chi connectivity index (χ3v) is 7.82. The maximum absolute atomic E-state index is 14.6. The van der Waals surface area contributed by atoms with Crippen molar-refractivity contribution in [3.05, 3.63) is 47.4 Å². The first-order valence-corrected chi connectivity index (χ1v) is 10.7. The van der Waals surface area contributed by atoms with Crippen molar-refractivity contribution in [2.45, 2.75) is 37.5 Å². The molecule has 9 nitrogen and oxygen atoms in total. The van der Waals surface area contributed by atoms with Crippen LogP contribution in [0.15, 0.2) is 29.5 Å². The van der Waals surface area contributed by atoms with E-state index >= 15 is 0 Å². The van der Waals surface area contributed by atoms with Crippen LogP contribution in [0, 0.1) is 5.82 Å².